The number of likely N-dealkylation sites (tertiary alicyclic amines) is 1. The number of amides is 1. The summed E-state index contributed by atoms with van der Waals surface area (Å²) in [6.45, 7) is 2.65. The largest absolute Gasteiger partial charge is 0.507 e. The average Bonchev–Trinajstić information content (AvgIpc) is 3.26. The van der Waals surface area contributed by atoms with Crippen molar-refractivity contribution >= 4 is 40.0 Å². The highest BCUT2D eigenvalue weighted by molar-refractivity contribution is 6.46. The Kier molecular flexibility index (Phi) is 6.44. The van der Waals surface area contributed by atoms with E-state index >= 15 is 0 Å². The lowest BCUT2D eigenvalue weighted by atomic mass is 9.93. The molecule has 1 atom stereocenters. The van der Waals surface area contributed by atoms with E-state index < -0.39 is 17.7 Å². The van der Waals surface area contributed by atoms with Crippen molar-refractivity contribution in [1.29, 1.82) is 0 Å². The number of ketones is 1. The molecule has 2 heterocycles. The zero-order chi connectivity index (χ0) is 23.7. The summed E-state index contributed by atoms with van der Waals surface area (Å²) in [4.78, 5) is 31.2. The van der Waals surface area contributed by atoms with Crippen molar-refractivity contribution in [2.75, 3.05) is 27.4 Å². The number of carbonyl (C=O) groups excluding carboxylic acids is 2. The molecule has 0 saturated carbocycles. The number of carbonyl (C=O) groups is 2. The monoisotopic (exact) mass is 468 g/mol. The molecule has 0 radical (unpaired) electrons. The molecule has 1 saturated heterocycles. The summed E-state index contributed by atoms with van der Waals surface area (Å²) in [6.07, 6.45) is 0.551. The molecule has 4 rings (SSSR count). The Morgan fingerprint density at radius 1 is 1.18 bits per heavy atom. The van der Waals surface area contributed by atoms with Gasteiger partial charge in [0.15, 0.2) is 0 Å². The topological polar surface area (TPSA) is 91.9 Å². The predicted molar refractivity (Wildman–Crippen MR) is 127 cm³/mol. The highest BCUT2D eigenvalue weighted by Crippen LogP contribution is 2.43. The highest BCUT2D eigenvalue weighted by Gasteiger charge is 2.47. The zero-order valence-corrected chi connectivity index (χ0v) is 19.4. The first-order valence-corrected chi connectivity index (χ1v) is 10.9. The average molecular weight is 469 g/mol. The van der Waals surface area contributed by atoms with E-state index in [1.165, 1.54) is 18.1 Å². The van der Waals surface area contributed by atoms with E-state index in [-0.39, 0.29) is 16.4 Å². The number of aliphatic hydroxyl groups excluding tert-OH is 1. The third-order valence-corrected chi connectivity index (χ3v) is 6.22. The van der Waals surface area contributed by atoms with Crippen molar-refractivity contribution in [2.45, 2.75) is 19.4 Å². The van der Waals surface area contributed by atoms with Gasteiger partial charge >= 0.3 is 0 Å². The maximum absolute atomic E-state index is 13.2. The Morgan fingerprint density at radius 2 is 1.94 bits per heavy atom. The lowest BCUT2D eigenvalue weighted by Gasteiger charge is -2.25. The molecule has 172 valence electrons. The molecular formula is C25H25ClN2O5. The number of aromatic nitrogens is 1. The van der Waals surface area contributed by atoms with E-state index in [1.807, 2.05) is 31.2 Å². The van der Waals surface area contributed by atoms with Crippen LogP contribution in [-0.2, 0) is 14.3 Å². The lowest BCUT2D eigenvalue weighted by Crippen LogP contribution is -2.31. The molecule has 1 aliphatic heterocycles. The summed E-state index contributed by atoms with van der Waals surface area (Å²) in [7, 11) is 3.08. The van der Waals surface area contributed by atoms with Crippen LogP contribution in [0.4, 0.5) is 0 Å². The third kappa shape index (κ3) is 3.98. The molecule has 3 aromatic rings. The summed E-state index contributed by atoms with van der Waals surface area (Å²) in [5.41, 5.74) is 2.85. The molecule has 1 amide bonds. The number of H-pyrrole nitrogens is 1. The second-order valence-corrected chi connectivity index (χ2v) is 8.30. The van der Waals surface area contributed by atoms with E-state index in [1.54, 1.807) is 19.2 Å². The first-order chi connectivity index (χ1) is 15.9. The van der Waals surface area contributed by atoms with Gasteiger partial charge in [0, 0.05) is 48.0 Å². The fourth-order valence-corrected chi connectivity index (χ4v) is 4.67. The first-order valence-electron chi connectivity index (χ1n) is 10.6. The Morgan fingerprint density at radius 3 is 2.64 bits per heavy atom. The van der Waals surface area contributed by atoms with Crippen LogP contribution in [-0.4, -0.2) is 54.1 Å². The van der Waals surface area contributed by atoms with E-state index in [0.29, 0.717) is 30.9 Å². The van der Waals surface area contributed by atoms with Gasteiger partial charge in [-0.25, -0.2) is 0 Å². The minimum atomic E-state index is -0.751. The number of benzene rings is 2. The third-order valence-electron chi connectivity index (χ3n) is 5.93. The van der Waals surface area contributed by atoms with E-state index in [0.717, 1.165) is 22.2 Å². The molecule has 7 nitrogen and oxygen atoms in total. The summed E-state index contributed by atoms with van der Waals surface area (Å²) >= 11 is 6.26. The number of aliphatic hydroxyl groups is 1. The Hall–Kier alpha value is -3.29. The van der Waals surface area contributed by atoms with Crippen LogP contribution in [0.2, 0.25) is 5.02 Å². The molecule has 0 spiro atoms. The minimum absolute atomic E-state index is 0.0338. The normalized spacial score (nSPS) is 17.8. The molecule has 2 aromatic carbocycles. The van der Waals surface area contributed by atoms with E-state index in [4.69, 9.17) is 21.1 Å². The van der Waals surface area contributed by atoms with Gasteiger partial charge < -0.3 is 24.5 Å². The van der Waals surface area contributed by atoms with Crippen LogP contribution in [0.1, 0.15) is 29.3 Å². The second kappa shape index (κ2) is 9.29. The van der Waals surface area contributed by atoms with Gasteiger partial charge in [-0.15, -0.1) is 0 Å². The smallest absolute Gasteiger partial charge is 0.295 e. The van der Waals surface area contributed by atoms with Crippen LogP contribution in [0.5, 0.6) is 5.75 Å². The molecular weight excluding hydrogens is 444 g/mol. The number of halogens is 1. The Bertz CT molecular complexity index is 1260. The Balaban J connectivity index is 1.93. The van der Waals surface area contributed by atoms with Crippen LogP contribution in [0, 0.1) is 6.92 Å². The first kappa shape index (κ1) is 22.9. The van der Waals surface area contributed by atoms with Gasteiger partial charge in [-0.05, 0) is 37.6 Å². The molecule has 0 aliphatic carbocycles. The summed E-state index contributed by atoms with van der Waals surface area (Å²) in [5.74, 6) is -1.22. The van der Waals surface area contributed by atoms with Crippen molar-refractivity contribution in [2.24, 2.45) is 0 Å². The number of Topliss-reactive ketones (excluding diaryl/α,β-unsaturated/α-hetero) is 1. The molecule has 0 bridgehead atoms. The molecule has 1 aromatic heterocycles. The maximum atomic E-state index is 13.2. The molecule has 1 unspecified atom stereocenters. The molecule has 1 fully saturated rings. The number of methoxy groups -OCH3 is 2. The maximum Gasteiger partial charge on any atom is 0.295 e. The lowest BCUT2D eigenvalue weighted by molar-refractivity contribution is -0.140. The SMILES string of the molecule is COCCCN1C(=O)C(=O)/C(=C(/O)c2ccc(OC)c(Cl)c2)C1c1c(C)[nH]c2ccccc12. The van der Waals surface area contributed by atoms with Gasteiger partial charge in [0.05, 0.1) is 23.7 Å². The van der Waals surface area contributed by atoms with Gasteiger partial charge in [0.2, 0.25) is 0 Å². The zero-order valence-electron chi connectivity index (χ0n) is 18.6. The summed E-state index contributed by atoms with van der Waals surface area (Å²) < 4.78 is 10.3. The van der Waals surface area contributed by atoms with Gasteiger partial charge in [0.25, 0.3) is 11.7 Å². The number of hydrogen-bond donors (Lipinski definition) is 2. The van der Waals surface area contributed by atoms with Crippen LogP contribution < -0.4 is 4.74 Å². The standard InChI is InChI=1S/C25H25ClN2O5/c1-14-20(16-7-4-5-8-18(16)27-14)22-21(24(30)25(31)28(22)11-6-12-32-2)23(29)15-9-10-19(33-3)17(26)13-15/h4-5,7-10,13,22,27,29H,6,11-12H2,1-3H3/b23-21+. The highest BCUT2D eigenvalue weighted by atomic mass is 35.5. The number of nitrogens with zero attached hydrogens (tertiary/aromatic N) is 1. The minimum Gasteiger partial charge on any atom is -0.507 e. The van der Waals surface area contributed by atoms with Crippen molar-refractivity contribution in [3.63, 3.8) is 0 Å². The van der Waals surface area contributed by atoms with Crippen molar-refractivity contribution in [3.05, 3.63) is 69.9 Å². The van der Waals surface area contributed by atoms with Crippen molar-refractivity contribution in [3.8, 4) is 5.75 Å². The van der Waals surface area contributed by atoms with Gasteiger partial charge in [-0.2, -0.15) is 0 Å². The number of para-hydroxylation sites is 1. The van der Waals surface area contributed by atoms with Gasteiger partial charge in [-0.1, -0.05) is 29.8 Å². The predicted octanol–water partition coefficient (Wildman–Crippen LogP) is 4.60. The number of aryl methyl sites for hydroxylation is 1. The fourth-order valence-electron chi connectivity index (χ4n) is 4.41. The Labute approximate surface area is 196 Å². The molecule has 2 N–H and O–H groups in total. The van der Waals surface area contributed by atoms with Crippen molar-refractivity contribution in [1.82, 2.24) is 9.88 Å². The van der Waals surface area contributed by atoms with Gasteiger partial charge in [0.1, 0.15) is 11.5 Å². The van der Waals surface area contributed by atoms with Crippen LogP contribution >= 0.6 is 11.6 Å². The molecule has 33 heavy (non-hydrogen) atoms. The van der Waals surface area contributed by atoms with Crippen molar-refractivity contribution < 1.29 is 24.2 Å². The quantitative estimate of drug-likeness (QED) is 0.229. The van der Waals surface area contributed by atoms with Crippen LogP contribution in [0.3, 0.4) is 0 Å². The van der Waals surface area contributed by atoms with Crippen LogP contribution in [0.15, 0.2) is 48.0 Å². The number of ether oxygens (including phenoxy) is 2. The van der Waals surface area contributed by atoms with E-state index in [9.17, 15) is 14.7 Å². The molecule has 1 aliphatic rings. The number of rotatable bonds is 7. The number of hydrogen-bond acceptors (Lipinski definition) is 5. The number of fused-ring (bicyclic) bond motifs is 1. The van der Waals surface area contributed by atoms with Crippen LogP contribution in [0.25, 0.3) is 16.7 Å². The number of nitrogens with one attached hydrogen (secondary N) is 1. The summed E-state index contributed by atoms with van der Waals surface area (Å²) in [5, 5.41) is 12.4. The second-order valence-electron chi connectivity index (χ2n) is 7.90. The fraction of sp³-hybridized carbons (Fsp3) is 0.280. The summed E-state index contributed by atoms with van der Waals surface area (Å²) in [6, 6.07) is 11.7. The van der Waals surface area contributed by atoms with E-state index in [2.05, 4.69) is 4.98 Å². The number of aromatic amines is 1. The molecule has 8 heteroatoms. The van der Waals surface area contributed by atoms with Gasteiger partial charge in [-0.3, -0.25) is 9.59 Å².